The second kappa shape index (κ2) is 6.96. The summed E-state index contributed by atoms with van der Waals surface area (Å²) in [5.41, 5.74) is 1.39. The van der Waals surface area contributed by atoms with Crippen molar-refractivity contribution in [1.82, 2.24) is 9.13 Å². The molecule has 0 fully saturated rings. The van der Waals surface area contributed by atoms with Gasteiger partial charge in [0.25, 0.3) is 5.56 Å². The van der Waals surface area contributed by atoms with E-state index in [0.29, 0.717) is 30.2 Å². The van der Waals surface area contributed by atoms with Crippen molar-refractivity contribution < 1.29 is 4.74 Å². The van der Waals surface area contributed by atoms with E-state index in [0.717, 1.165) is 15.8 Å². The van der Waals surface area contributed by atoms with Crippen molar-refractivity contribution in [2.45, 2.75) is 18.2 Å². The Hall–Kier alpha value is -4.07. The largest absolute Gasteiger partial charge is 0.484 e. The van der Waals surface area contributed by atoms with Crippen LogP contribution in [0.4, 0.5) is 11.5 Å². The lowest BCUT2D eigenvalue weighted by molar-refractivity contribution is 0.109. The van der Waals surface area contributed by atoms with Crippen molar-refractivity contribution in [2.24, 2.45) is 19.2 Å². The average molecular weight is 441 g/mol. The molecular formula is C25H23N5O3. The minimum atomic E-state index is -0.846. The van der Waals surface area contributed by atoms with E-state index in [-0.39, 0.29) is 17.3 Å². The molecule has 3 aliphatic rings. The lowest BCUT2D eigenvalue weighted by atomic mass is 9.83. The van der Waals surface area contributed by atoms with E-state index < -0.39 is 5.60 Å². The number of para-hydroxylation sites is 1. The molecule has 2 aromatic carbocycles. The van der Waals surface area contributed by atoms with E-state index in [1.54, 1.807) is 13.3 Å². The maximum absolute atomic E-state index is 13.5. The number of hydrogen-bond donors (Lipinski definition) is 0. The van der Waals surface area contributed by atoms with Gasteiger partial charge < -0.3 is 9.64 Å². The molecule has 8 nitrogen and oxygen atoms in total. The molecule has 0 amide bonds. The van der Waals surface area contributed by atoms with Crippen LogP contribution in [0.25, 0.3) is 0 Å². The van der Waals surface area contributed by atoms with Crippen LogP contribution in [0.15, 0.2) is 87.7 Å². The molecule has 0 saturated heterocycles. The van der Waals surface area contributed by atoms with Crippen molar-refractivity contribution >= 4 is 17.2 Å². The molecule has 0 bridgehead atoms. The summed E-state index contributed by atoms with van der Waals surface area (Å²) in [5, 5.41) is 6.85. The molecule has 1 aromatic heterocycles. The first-order valence-electron chi connectivity index (χ1n) is 10.9. The van der Waals surface area contributed by atoms with Gasteiger partial charge in [-0.15, -0.1) is 0 Å². The molecule has 6 rings (SSSR count). The van der Waals surface area contributed by atoms with Crippen molar-refractivity contribution in [1.29, 1.82) is 0 Å². The molecule has 0 radical (unpaired) electrons. The highest BCUT2D eigenvalue weighted by molar-refractivity contribution is 6.15. The maximum Gasteiger partial charge on any atom is 0.332 e. The highest BCUT2D eigenvalue weighted by atomic mass is 16.5. The minimum Gasteiger partial charge on any atom is -0.484 e. The topological polar surface area (TPSA) is 72.1 Å². The quantitative estimate of drug-likeness (QED) is 0.622. The Morgan fingerprint density at radius 2 is 1.70 bits per heavy atom. The summed E-state index contributed by atoms with van der Waals surface area (Å²) in [7, 11) is 3.20. The second-order valence-electron chi connectivity index (χ2n) is 8.66. The number of hydrazone groups is 1. The third-order valence-corrected chi connectivity index (χ3v) is 6.72. The van der Waals surface area contributed by atoms with E-state index >= 15 is 0 Å². The first kappa shape index (κ1) is 19.6. The SMILES string of the molecule is Cn1c2c(c(=O)n(C)c1=O)C1=NN(c3ccccc3)C3C=COC13CN2Cc1ccccc1. The molecule has 33 heavy (non-hydrogen) atoms. The zero-order valence-electron chi connectivity index (χ0n) is 18.4. The van der Waals surface area contributed by atoms with Crippen LogP contribution in [0.3, 0.4) is 0 Å². The zero-order valence-corrected chi connectivity index (χ0v) is 18.4. The fraction of sp³-hybridized carbons (Fsp3) is 0.240. The van der Waals surface area contributed by atoms with Gasteiger partial charge in [-0.25, -0.2) is 4.79 Å². The zero-order chi connectivity index (χ0) is 22.7. The Morgan fingerprint density at radius 3 is 2.42 bits per heavy atom. The molecule has 4 heterocycles. The Morgan fingerprint density at radius 1 is 1.00 bits per heavy atom. The number of rotatable bonds is 3. The molecule has 8 heteroatoms. The van der Waals surface area contributed by atoms with Crippen molar-refractivity contribution in [3.63, 3.8) is 0 Å². The first-order valence-corrected chi connectivity index (χ1v) is 10.9. The number of hydrogen-bond acceptors (Lipinski definition) is 6. The van der Waals surface area contributed by atoms with Gasteiger partial charge in [-0.2, -0.15) is 5.10 Å². The van der Waals surface area contributed by atoms with Crippen LogP contribution in [0.1, 0.15) is 11.1 Å². The number of benzene rings is 2. The first-order chi connectivity index (χ1) is 16.0. The summed E-state index contributed by atoms with van der Waals surface area (Å²) in [6, 6.07) is 19.7. The lowest BCUT2D eigenvalue weighted by Crippen LogP contribution is -2.61. The van der Waals surface area contributed by atoms with E-state index in [1.165, 1.54) is 11.6 Å². The van der Waals surface area contributed by atoms with Crippen LogP contribution >= 0.6 is 0 Å². The molecule has 166 valence electrons. The normalized spacial score (nSPS) is 22.5. The standard InChI is InChI=1S/C25H23N5O3/c1-27-22-20(23(31)28(2)24(27)32)21-25(16-29(22)15-17-9-5-3-6-10-17)19(13-14-33-25)30(26-21)18-11-7-4-8-12-18/h3-14,19H,15-16H2,1-2H3. The smallest absolute Gasteiger partial charge is 0.332 e. The van der Waals surface area contributed by atoms with Gasteiger partial charge in [0.15, 0.2) is 5.60 Å². The van der Waals surface area contributed by atoms with Gasteiger partial charge in [0.05, 0.1) is 18.5 Å². The van der Waals surface area contributed by atoms with Crippen LogP contribution in [-0.4, -0.2) is 33.0 Å². The summed E-state index contributed by atoms with van der Waals surface area (Å²) in [4.78, 5) is 28.4. The number of anilines is 2. The van der Waals surface area contributed by atoms with Gasteiger partial charge in [-0.1, -0.05) is 48.5 Å². The van der Waals surface area contributed by atoms with Gasteiger partial charge in [0.2, 0.25) is 0 Å². The molecule has 1 spiro atoms. The molecule has 3 aliphatic heterocycles. The van der Waals surface area contributed by atoms with Gasteiger partial charge in [0, 0.05) is 20.6 Å². The van der Waals surface area contributed by atoms with Crippen LogP contribution in [-0.2, 0) is 25.4 Å². The predicted molar refractivity (Wildman–Crippen MR) is 127 cm³/mol. The summed E-state index contributed by atoms with van der Waals surface area (Å²) >= 11 is 0. The highest BCUT2D eigenvalue weighted by Crippen LogP contribution is 2.45. The molecule has 3 aromatic rings. The van der Waals surface area contributed by atoms with Gasteiger partial charge >= 0.3 is 5.69 Å². The predicted octanol–water partition coefficient (Wildman–Crippen LogP) is 1.98. The van der Waals surface area contributed by atoms with Crippen LogP contribution in [0.2, 0.25) is 0 Å². The lowest BCUT2D eigenvalue weighted by Gasteiger charge is -2.42. The summed E-state index contributed by atoms with van der Waals surface area (Å²) < 4.78 is 8.96. The van der Waals surface area contributed by atoms with E-state index in [9.17, 15) is 9.59 Å². The molecular weight excluding hydrogens is 418 g/mol. The molecule has 0 N–H and O–H groups in total. The van der Waals surface area contributed by atoms with Crippen molar-refractivity contribution in [3.8, 4) is 0 Å². The highest BCUT2D eigenvalue weighted by Gasteiger charge is 2.60. The Kier molecular flexibility index (Phi) is 4.14. The second-order valence-corrected chi connectivity index (χ2v) is 8.66. The van der Waals surface area contributed by atoms with Gasteiger partial charge in [0.1, 0.15) is 23.1 Å². The van der Waals surface area contributed by atoms with Gasteiger partial charge in [-0.05, 0) is 23.8 Å². The van der Waals surface area contributed by atoms with E-state index in [4.69, 9.17) is 9.84 Å². The molecule has 0 saturated carbocycles. The van der Waals surface area contributed by atoms with E-state index in [1.807, 2.05) is 71.7 Å². The summed E-state index contributed by atoms with van der Waals surface area (Å²) in [5.74, 6) is 0.570. The van der Waals surface area contributed by atoms with Crippen molar-refractivity contribution in [3.05, 3.63) is 105 Å². The monoisotopic (exact) mass is 441 g/mol. The van der Waals surface area contributed by atoms with Crippen LogP contribution in [0.5, 0.6) is 0 Å². The Labute approximate surface area is 190 Å². The fourth-order valence-corrected chi connectivity index (χ4v) is 5.16. The molecule has 2 atom stereocenters. The van der Waals surface area contributed by atoms with Crippen LogP contribution in [0, 0.1) is 0 Å². The van der Waals surface area contributed by atoms with E-state index in [2.05, 4.69) is 4.90 Å². The van der Waals surface area contributed by atoms with Crippen molar-refractivity contribution in [2.75, 3.05) is 16.5 Å². The van der Waals surface area contributed by atoms with Gasteiger partial charge in [-0.3, -0.25) is 18.9 Å². The number of aromatic nitrogens is 2. The third-order valence-electron chi connectivity index (χ3n) is 6.72. The summed E-state index contributed by atoms with van der Waals surface area (Å²) in [6.45, 7) is 0.986. The Bertz CT molecular complexity index is 1420. The molecule has 0 aliphatic carbocycles. The average Bonchev–Trinajstić information content (AvgIpc) is 3.38. The maximum atomic E-state index is 13.5. The van der Waals surface area contributed by atoms with Crippen LogP contribution < -0.4 is 21.2 Å². The summed E-state index contributed by atoms with van der Waals surface area (Å²) in [6.07, 6.45) is 3.69. The number of nitrogens with zero attached hydrogens (tertiary/aromatic N) is 5. The number of ether oxygens (including phenoxy) is 1. The fourth-order valence-electron chi connectivity index (χ4n) is 5.16. The third kappa shape index (κ3) is 2.67. The molecule has 2 unspecified atom stereocenters. The minimum absolute atomic E-state index is 0.205. The Balaban J connectivity index is 1.59. The number of fused-ring (bicyclic) bond motifs is 2.